The molecule has 0 saturated carbocycles. The van der Waals surface area contributed by atoms with Crippen LogP contribution in [-0.2, 0) is 0 Å². The second-order valence-electron chi connectivity index (χ2n) is 3.68. The van der Waals surface area contributed by atoms with Crippen molar-refractivity contribution in [3.63, 3.8) is 0 Å². The summed E-state index contributed by atoms with van der Waals surface area (Å²) in [7, 11) is 0. The molecule has 0 amide bonds. The van der Waals surface area contributed by atoms with Gasteiger partial charge in [0.2, 0.25) is 0 Å². The number of halogens is 2. The maximum absolute atomic E-state index is 13.3. The molecule has 0 saturated heterocycles. The first-order chi connectivity index (χ1) is 6.52. The summed E-state index contributed by atoms with van der Waals surface area (Å²) in [6.07, 6.45) is 1.81. The first-order valence-corrected chi connectivity index (χ1v) is 5.02. The van der Waals surface area contributed by atoms with Crippen molar-refractivity contribution in [2.24, 2.45) is 5.92 Å². The number of rotatable bonds is 2. The van der Waals surface area contributed by atoms with Crippen LogP contribution in [0.1, 0.15) is 26.3 Å². The van der Waals surface area contributed by atoms with Gasteiger partial charge in [-0.3, -0.25) is 0 Å². The summed E-state index contributed by atoms with van der Waals surface area (Å²) in [5, 5.41) is 0.463. The summed E-state index contributed by atoms with van der Waals surface area (Å²) < 4.78 is 13.3. The number of hydrogen-bond acceptors (Lipinski definition) is 0. The average Bonchev–Trinajstić information content (AvgIpc) is 2.11. The fourth-order valence-corrected chi connectivity index (χ4v) is 1.26. The SMILES string of the molecule is C/C(=C\c1c(F)cccc1Cl)C(C)C. The third kappa shape index (κ3) is 2.58. The molecule has 0 N–H and O–H groups in total. The smallest absolute Gasteiger partial charge is 0.131 e. The van der Waals surface area contributed by atoms with Crippen LogP contribution < -0.4 is 0 Å². The van der Waals surface area contributed by atoms with Crippen LogP contribution >= 0.6 is 11.6 Å². The molecule has 0 aliphatic heterocycles. The highest BCUT2D eigenvalue weighted by Gasteiger charge is 2.05. The van der Waals surface area contributed by atoms with E-state index in [9.17, 15) is 4.39 Å². The van der Waals surface area contributed by atoms with Crippen LogP contribution in [0.15, 0.2) is 23.8 Å². The van der Waals surface area contributed by atoms with Crippen molar-refractivity contribution in [2.45, 2.75) is 20.8 Å². The first kappa shape index (κ1) is 11.3. The van der Waals surface area contributed by atoms with Crippen LogP contribution in [0.5, 0.6) is 0 Å². The molecule has 0 spiro atoms. The predicted molar refractivity (Wildman–Crippen MR) is 59.9 cm³/mol. The lowest BCUT2D eigenvalue weighted by molar-refractivity contribution is 0.624. The van der Waals surface area contributed by atoms with Crippen molar-refractivity contribution in [1.29, 1.82) is 0 Å². The third-order valence-corrected chi connectivity index (χ3v) is 2.61. The van der Waals surface area contributed by atoms with E-state index in [2.05, 4.69) is 13.8 Å². The standard InChI is InChI=1S/C12H14ClF/c1-8(2)9(3)7-10-11(13)5-4-6-12(10)14/h4-8H,1-3H3/b9-7+. The van der Waals surface area contributed by atoms with Crippen LogP contribution in [0.4, 0.5) is 4.39 Å². The van der Waals surface area contributed by atoms with Crippen molar-refractivity contribution in [2.75, 3.05) is 0 Å². The van der Waals surface area contributed by atoms with E-state index in [1.165, 1.54) is 6.07 Å². The maximum atomic E-state index is 13.3. The van der Waals surface area contributed by atoms with Gasteiger partial charge < -0.3 is 0 Å². The lowest BCUT2D eigenvalue weighted by atomic mass is 10.0. The zero-order valence-corrected chi connectivity index (χ0v) is 9.40. The first-order valence-electron chi connectivity index (χ1n) is 4.64. The monoisotopic (exact) mass is 212 g/mol. The molecule has 0 aliphatic carbocycles. The van der Waals surface area contributed by atoms with E-state index < -0.39 is 0 Å². The van der Waals surface area contributed by atoms with Gasteiger partial charge in [-0.1, -0.05) is 43.2 Å². The van der Waals surface area contributed by atoms with Crippen LogP contribution in [0.3, 0.4) is 0 Å². The topological polar surface area (TPSA) is 0 Å². The van der Waals surface area contributed by atoms with Crippen molar-refractivity contribution in [1.82, 2.24) is 0 Å². The lowest BCUT2D eigenvalue weighted by Gasteiger charge is -2.06. The molecule has 14 heavy (non-hydrogen) atoms. The Bertz CT molecular complexity index is 333. The highest BCUT2D eigenvalue weighted by molar-refractivity contribution is 6.32. The largest absolute Gasteiger partial charge is 0.206 e. The minimum atomic E-state index is -0.266. The van der Waals surface area contributed by atoms with Gasteiger partial charge in [-0.15, -0.1) is 0 Å². The van der Waals surface area contributed by atoms with E-state index in [4.69, 9.17) is 11.6 Å². The van der Waals surface area contributed by atoms with Crippen molar-refractivity contribution < 1.29 is 4.39 Å². The Balaban J connectivity index is 3.14. The molecule has 1 aromatic carbocycles. The molecule has 0 radical (unpaired) electrons. The van der Waals surface area contributed by atoms with Crippen molar-refractivity contribution in [3.8, 4) is 0 Å². The van der Waals surface area contributed by atoms with Gasteiger partial charge in [-0.05, 0) is 25.0 Å². The predicted octanol–water partition coefficient (Wildman–Crippen LogP) is 4.54. The summed E-state index contributed by atoms with van der Waals surface area (Å²) in [5.74, 6) is 0.142. The number of benzene rings is 1. The summed E-state index contributed by atoms with van der Waals surface area (Å²) in [4.78, 5) is 0. The molecule has 2 heteroatoms. The molecule has 0 aromatic heterocycles. The Morgan fingerprint density at radius 1 is 1.43 bits per heavy atom. The normalized spacial score (nSPS) is 12.3. The van der Waals surface area contributed by atoms with Gasteiger partial charge in [-0.2, -0.15) is 0 Å². The summed E-state index contributed by atoms with van der Waals surface area (Å²) in [5.41, 5.74) is 1.61. The van der Waals surface area contributed by atoms with Gasteiger partial charge in [0.1, 0.15) is 5.82 Å². The minimum Gasteiger partial charge on any atom is -0.206 e. The van der Waals surface area contributed by atoms with E-state index >= 15 is 0 Å². The Morgan fingerprint density at radius 3 is 2.57 bits per heavy atom. The molecule has 1 rings (SSSR count). The van der Waals surface area contributed by atoms with E-state index in [1.807, 2.05) is 13.0 Å². The average molecular weight is 213 g/mol. The van der Waals surface area contributed by atoms with Gasteiger partial charge in [-0.25, -0.2) is 4.39 Å². The van der Waals surface area contributed by atoms with Gasteiger partial charge in [0.05, 0.1) is 5.02 Å². The van der Waals surface area contributed by atoms with Crippen LogP contribution in [-0.4, -0.2) is 0 Å². The molecule has 0 aliphatic rings. The van der Waals surface area contributed by atoms with Crippen molar-refractivity contribution >= 4 is 17.7 Å². The number of allylic oxidation sites excluding steroid dienone is 1. The Morgan fingerprint density at radius 2 is 2.07 bits per heavy atom. The fraction of sp³-hybridized carbons (Fsp3) is 0.333. The molecule has 0 bridgehead atoms. The summed E-state index contributed by atoms with van der Waals surface area (Å²) in [6, 6.07) is 4.73. The quantitative estimate of drug-likeness (QED) is 0.675. The van der Waals surface area contributed by atoms with Crippen LogP contribution in [0.25, 0.3) is 6.08 Å². The highest BCUT2D eigenvalue weighted by Crippen LogP contribution is 2.23. The molecule has 0 fully saturated rings. The maximum Gasteiger partial charge on any atom is 0.131 e. The molecule has 0 nitrogen and oxygen atoms in total. The van der Waals surface area contributed by atoms with Gasteiger partial charge in [0.15, 0.2) is 0 Å². The summed E-state index contributed by atoms with van der Waals surface area (Å²) >= 11 is 5.89. The molecule has 1 aromatic rings. The summed E-state index contributed by atoms with van der Waals surface area (Å²) in [6.45, 7) is 6.12. The lowest BCUT2D eigenvalue weighted by Crippen LogP contribution is -1.90. The van der Waals surface area contributed by atoms with Gasteiger partial charge in [0, 0.05) is 5.56 Å². The molecular weight excluding hydrogens is 199 g/mol. The van der Waals surface area contributed by atoms with E-state index in [1.54, 1.807) is 12.1 Å². The van der Waals surface area contributed by atoms with Crippen molar-refractivity contribution in [3.05, 3.63) is 40.2 Å². The van der Waals surface area contributed by atoms with E-state index in [-0.39, 0.29) is 5.82 Å². The van der Waals surface area contributed by atoms with Gasteiger partial charge >= 0.3 is 0 Å². The zero-order valence-electron chi connectivity index (χ0n) is 8.64. The third-order valence-electron chi connectivity index (χ3n) is 2.28. The second kappa shape index (κ2) is 4.61. The van der Waals surface area contributed by atoms with E-state index in [0.717, 1.165) is 5.57 Å². The number of hydrogen-bond donors (Lipinski definition) is 0. The molecule has 76 valence electrons. The molecule has 0 unspecified atom stereocenters. The zero-order chi connectivity index (χ0) is 10.7. The Hall–Kier alpha value is -0.820. The van der Waals surface area contributed by atoms with Gasteiger partial charge in [0.25, 0.3) is 0 Å². The Kier molecular flexibility index (Phi) is 3.70. The fourth-order valence-electron chi connectivity index (χ4n) is 1.04. The van der Waals surface area contributed by atoms with Crippen LogP contribution in [0, 0.1) is 11.7 Å². The second-order valence-corrected chi connectivity index (χ2v) is 4.09. The Labute approximate surface area is 89.4 Å². The van der Waals surface area contributed by atoms with Crippen LogP contribution in [0.2, 0.25) is 5.02 Å². The minimum absolute atomic E-state index is 0.266. The molecule has 0 heterocycles. The van der Waals surface area contributed by atoms with E-state index in [0.29, 0.717) is 16.5 Å². The molecular formula is C12H14ClF. The highest BCUT2D eigenvalue weighted by atomic mass is 35.5. The molecule has 0 atom stereocenters.